The molecule has 2 N–H and O–H groups in total. The van der Waals surface area contributed by atoms with E-state index < -0.39 is 26.6 Å². The summed E-state index contributed by atoms with van der Waals surface area (Å²) in [7, 11) is -4.04. The third kappa shape index (κ3) is 5.38. The van der Waals surface area contributed by atoms with Crippen molar-refractivity contribution in [3.05, 3.63) is 33.4 Å². The molecule has 0 aliphatic carbocycles. The van der Waals surface area contributed by atoms with Gasteiger partial charge in [-0.05, 0) is 46.2 Å². The normalized spacial score (nSPS) is 19.8. The average Bonchev–Trinajstić information content (AvgIpc) is 2.56. The highest BCUT2D eigenvalue weighted by atomic mass is 35.5. The van der Waals surface area contributed by atoms with E-state index in [1.54, 1.807) is 6.92 Å². The fourth-order valence-electron chi connectivity index (χ4n) is 2.91. The van der Waals surface area contributed by atoms with E-state index in [2.05, 4.69) is 10.0 Å². The van der Waals surface area contributed by atoms with E-state index >= 15 is 0 Å². The molecule has 0 amide bonds. The van der Waals surface area contributed by atoms with Gasteiger partial charge in [0.05, 0.1) is 22.0 Å². The number of nitro groups is 1. The molecule has 9 nitrogen and oxygen atoms in total. The number of ether oxygens (including phenoxy) is 1. The SMILES string of the molecule is CCOC(=O)c1cc(S(=O)(=O)NC2CCCNC2C)cc([N+](=O)[O-])c1C.Cl. The number of hydrogen-bond acceptors (Lipinski definition) is 7. The monoisotopic (exact) mass is 421 g/mol. The number of esters is 1. The Balaban J connectivity index is 0.00000364. The molecule has 27 heavy (non-hydrogen) atoms. The lowest BCUT2D eigenvalue weighted by atomic mass is 10.0. The number of nitrogens with one attached hydrogen (secondary N) is 2. The van der Waals surface area contributed by atoms with Crippen molar-refractivity contribution in [1.29, 1.82) is 0 Å². The standard InChI is InChI=1S/C16H23N3O6S.ClH/c1-4-25-16(20)13-8-12(9-15(10(13)2)19(21)22)26(23,24)18-14-6-5-7-17-11(14)3;/h8-9,11,14,17-18H,4-7H2,1-3H3;1H. The van der Waals surface area contributed by atoms with Crippen LogP contribution in [0.15, 0.2) is 17.0 Å². The molecule has 0 radical (unpaired) electrons. The minimum atomic E-state index is -4.04. The van der Waals surface area contributed by atoms with Gasteiger partial charge >= 0.3 is 5.97 Å². The summed E-state index contributed by atoms with van der Waals surface area (Å²) in [5, 5.41) is 14.5. The lowest BCUT2D eigenvalue weighted by Crippen LogP contribution is -2.51. The molecule has 152 valence electrons. The van der Waals surface area contributed by atoms with E-state index in [0.717, 1.165) is 25.1 Å². The summed E-state index contributed by atoms with van der Waals surface area (Å²) < 4.78 is 33.0. The molecule has 1 heterocycles. The van der Waals surface area contributed by atoms with E-state index in [-0.39, 0.29) is 47.1 Å². The molecule has 1 saturated heterocycles. The van der Waals surface area contributed by atoms with Gasteiger partial charge < -0.3 is 10.1 Å². The summed E-state index contributed by atoms with van der Waals surface area (Å²) in [6.45, 7) is 5.74. The minimum Gasteiger partial charge on any atom is -0.462 e. The topological polar surface area (TPSA) is 128 Å². The van der Waals surface area contributed by atoms with E-state index in [1.807, 2.05) is 6.92 Å². The van der Waals surface area contributed by atoms with Crippen LogP contribution in [-0.4, -0.2) is 44.5 Å². The van der Waals surface area contributed by atoms with Crippen LogP contribution < -0.4 is 10.0 Å². The van der Waals surface area contributed by atoms with Gasteiger partial charge in [0.2, 0.25) is 10.0 Å². The molecule has 2 rings (SSSR count). The highest BCUT2D eigenvalue weighted by Crippen LogP contribution is 2.27. The van der Waals surface area contributed by atoms with Crippen LogP contribution in [0.3, 0.4) is 0 Å². The zero-order valence-corrected chi connectivity index (χ0v) is 17.0. The van der Waals surface area contributed by atoms with Gasteiger partial charge in [-0.3, -0.25) is 10.1 Å². The third-order valence-corrected chi connectivity index (χ3v) is 5.89. The maximum absolute atomic E-state index is 12.8. The van der Waals surface area contributed by atoms with Gasteiger partial charge in [-0.2, -0.15) is 0 Å². The zero-order chi connectivity index (χ0) is 19.5. The molecular weight excluding hydrogens is 398 g/mol. The van der Waals surface area contributed by atoms with Crippen LogP contribution in [0.2, 0.25) is 0 Å². The lowest BCUT2D eigenvalue weighted by molar-refractivity contribution is -0.385. The number of rotatable bonds is 6. The average molecular weight is 422 g/mol. The van der Waals surface area contributed by atoms with E-state index in [1.165, 1.54) is 6.92 Å². The number of carbonyl (C=O) groups excluding carboxylic acids is 1. The predicted octanol–water partition coefficient (Wildman–Crippen LogP) is 1.92. The van der Waals surface area contributed by atoms with Crippen molar-refractivity contribution in [3.8, 4) is 0 Å². The second kappa shape index (κ2) is 9.45. The summed E-state index contributed by atoms with van der Waals surface area (Å²) in [5.41, 5.74) is -0.498. The fourth-order valence-corrected chi connectivity index (χ4v) is 4.31. The molecule has 0 spiro atoms. The summed E-state index contributed by atoms with van der Waals surface area (Å²) >= 11 is 0. The number of piperidine rings is 1. The molecule has 1 fully saturated rings. The van der Waals surface area contributed by atoms with Crippen LogP contribution in [0.25, 0.3) is 0 Å². The molecule has 11 heteroatoms. The number of nitrogens with zero attached hydrogens (tertiary/aromatic N) is 1. The van der Waals surface area contributed by atoms with Crippen LogP contribution in [0.1, 0.15) is 42.6 Å². The first-order valence-electron chi connectivity index (χ1n) is 8.39. The second-order valence-corrected chi connectivity index (χ2v) is 7.92. The summed E-state index contributed by atoms with van der Waals surface area (Å²) in [6.07, 6.45) is 1.48. The molecule has 1 aliphatic heterocycles. The molecule has 0 aromatic heterocycles. The van der Waals surface area contributed by atoms with Crippen molar-refractivity contribution in [2.75, 3.05) is 13.2 Å². The first-order chi connectivity index (χ1) is 12.2. The Morgan fingerprint density at radius 3 is 2.67 bits per heavy atom. The Morgan fingerprint density at radius 2 is 2.11 bits per heavy atom. The zero-order valence-electron chi connectivity index (χ0n) is 15.4. The Hall–Kier alpha value is -1.75. The van der Waals surface area contributed by atoms with Gasteiger partial charge in [0.1, 0.15) is 0 Å². The van der Waals surface area contributed by atoms with Crippen molar-refractivity contribution in [3.63, 3.8) is 0 Å². The molecule has 1 aromatic rings. The predicted molar refractivity (Wildman–Crippen MR) is 102 cm³/mol. The van der Waals surface area contributed by atoms with Gasteiger partial charge in [0.15, 0.2) is 0 Å². The van der Waals surface area contributed by atoms with Crippen molar-refractivity contribution >= 4 is 34.1 Å². The highest BCUT2D eigenvalue weighted by Gasteiger charge is 2.30. The van der Waals surface area contributed by atoms with Crippen LogP contribution >= 0.6 is 12.4 Å². The largest absolute Gasteiger partial charge is 0.462 e. The molecule has 2 unspecified atom stereocenters. The lowest BCUT2D eigenvalue weighted by Gasteiger charge is -2.30. The Labute approximate surface area is 164 Å². The molecule has 1 aliphatic rings. The number of sulfonamides is 1. The quantitative estimate of drug-likeness (QED) is 0.408. The molecule has 0 saturated carbocycles. The van der Waals surface area contributed by atoms with Gasteiger partial charge in [0, 0.05) is 23.7 Å². The van der Waals surface area contributed by atoms with Crippen molar-refractivity contribution in [2.24, 2.45) is 0 Å². The molecule has 2 atom stereocenters. The first-order valence-corrected chi connectivity index (χ1v) is 9.87. The molecular formula is C16H24ClN3O6S. The first kappa shape index (κ1) is 23.3. The summed E-state index contributed by atoms with van der Waals surface area (Å²) in [6, 6.07) is 1.70. The second-order valence-electron chi connectivity index (χ2n) is 6.21. The Bertz CT molecular complexity index is 815. The summed E-state index contributed by atoms with van der Waals surface area (Å²) in [4.78, 5) is 22.4. The summed E-state index contributed by atoms with van der Waals surface area (Å²) in [5.74, 6) is -0.794. The van der Waals surface area contributed by atoms with Gasteiger partial charge in [-0.1, -0.05) is 0 Å². The van der Waals surface area contributed by atoms with E-state index in [4.69, 9.17) is 4.74 Å². The van der Waals surface area contributed by atoms with Crippen molar-refractivity contribution in [2.45, 2.75) is 50.6 Å². The third-order valence-electron chi connectivity index (χ3n) is 4.42. The maximum atomic E-state index is 12.8. The number of carbonyl (C=O) groups is 1. The fraction of sp³-hybridized carbons (Fsp3) is 0.562. The molecule has 0 bridgehead atoms. The van der Waals surface area contributed by atoms with Crippen molar-refractivity contribution in [1.82, 2.24) is 10.0 Å². The number of halogens is 1. The number of hydrogen-bond donors (Lipinski definition) is 2. The number of benzene rings is 1. The Morgan fingerprint density at radius 1 is 1.44 bits per heavy atom. The number of nitro benzene ring substituents is 1. The minimum absolute atomic E-state index is 0. The van der Waals surface area contributed by atoms with Crippen LogP contribution in [0, 0.1) is 17.0 Å². The van der Waals surface area contributed by atoms with Crippen LogP contribution in [-0.2, 0) is 14.8 Å². The van der Waals surface area contributed by atoms with Gasteiger partial charge in [-0.15, -0.1) is 12.4 Å². The highest BCUT2D eigenvalue weighted by molar-refractivity contribution is 7.89. The van der Waals surface area contributed by atoms with Crippen molar-refractivity contribution < 1.29 is 22.9 Å². The van der Waals surface area contributed by atoms with E-state index in [9.17, 15) is 23.3 Å². The van der Waals surface area contributed by atoms with Crippen LogP contribution in [0.5, 0.6) is 0 Å². The van der Waals surface area contributed by atoms with Crippen LogP contribution in [0.4, 0.5) is 5.69 Å². The molecule has 1 aromatic carbocycles. The Kier molecular flexibility index (Phi) is 8.15. The maximum Gasteiger partial charge on any atom is 0.338 e. The van der Waals surface area contributed by atoms with E-state index in [0.29, 0.717) is 6.42 Å². The van der Waals surface area contributed by atoms with Gasteiger partial charge in [0.25, 0.3) is 5.69 Å². The van der Waals surface area contributed by atoms with Gasteiger partial charge in [-0.25, -0.2) is 17.9 Å². The smallest absolute Gasteiger partial charge is 0.338 e.